The van der Waals surface area contributed by atoms with Crippen LogP contribution in [0.3, 0.4) is 0 Å². The molecule has 0 atom stereocenters. The minimum atomic E-state index is -1.36. The highest BCUT2D eigenvalue weighted by Gasteiger charge is 2.30. The first-order valence-electron chi connectivity index (χ1n) is 9.32. The number of hydrogen-bond donors (Lipinski definition) is 3. The molecule has 31 heavy (non-hydrogen) atoms. The zero-order chi connectivity index (χ0) is 22.8. The lowest BCUT2D eigenvalue weighted by molar-refractivity contribution is -0.147. The molecule has 0 amide bonds. The molecule has 0 fully saturated rings. The van der Waals surface area contributed by atoms with E-state index >= 15 is 0 Å². The highest BCUT2D eigenvalue weighted by atomic mass is 35.5. The van der Waals surface area contributed by atoms with Crippen molar-refractivity contribution in [2.24, 2.45) is 5.41 Å². The number of phenolic OH excluding ortho intramolecular Hbond substituents is 1. The molecule has 0 saturated heterocycles. The quantitative estimate of drug-likeness (QED) is 0.511. The molecule has 0 saturated carbocycles. The van der Waals surface area contributed by atoms with Gasteiger partial charge in [0, 0.05) is 23.3 Å². The van der Waals surface area contributed by atoms with Crippen LogP contribution in [0.15, 0.2) is 58.1 Å². The van der Waals surface area contributed by atoms with Crippen molar-refractivity contribution in [2.45, 2.75) is 26.9 Å². The number of nitrogens with zero attached hydrogens (tertiary/aromatic N) is 3. The lowest BCUT2D eigenvalue weighted by atomic mass is 9.94. The van der Waals surface area contributed by atoms with E-state index in [0.29, 0.717) is 10.7 Å². The van der Waals surface area contributed by atoms with E-state index in [1.165, 1.54) is 30.5 Å². The number of hydrogen-bond acceptors (Lipinski definition) is 6. The van der Waals surface area contributed by atoms with Gasteiger partial charge in [0.25, 0.3) is 0 Å². The van der Waals surface area contributed by atoms with Gasteiger partial charge < -0.3 is 15.5 Å². The summed E-state index contributed by atoms with van der Waals surface area (Å²) in [6, 6.07) is 12.9. The molecule has 1 aromatic heterocycles. The third kappa shape index (κ3) is 5.13. The van der Waals surface area contributed by atoms with Gasteiger partial charge in [-0.05, 0) is 43.7 Å². The number of benzene rings is 2. The molecular formula is C21H21ClN4O5. The van der Waals surface area contributed by atoms with Gasteiger partial charge in [-0.3, -0.25) is 9.36 Å². The smallest absolute Gasteiger partial charge is 0.354 e. The summed E-state index contributed by atoms with van der Waals surface area (Å²) in [6.07, 6.45) is 0. The van der Waals surface area contributed by atoms with Crippen LogP contribution < -0.4 is 16.7 Å². The van der Waals surface area contributed by atoms with Crippen molar-refractivity contribution in [3.8, 4) is 5.75 Å². The summed E-state index contributed by atoms with van der Waals surface area (Å²) in [7, 11) is 0. The number of aromatic nitrogens is 3. The van der Waals surface area contributed by atoms with E-state index in [0.717, 1.165) is 10.1 Å². The Balaban J connectivity index is 2.12. The van der Waals surface area contributed by atoms with E-state index < -0.39 is 22.8 Å². The summed E-state index contributed by atoms with van der Waals surface area (Å²) in [5.41, 5.74) is -1.82. The van der Waals surface area contributed by atoms with Gasteiger partial charge in [0.2, 0.25) is 5.95 Å². The molecule has 162 valence electrons. The Hall–Kier alpha value is -3.59. The zero-order valence-electron chi connectivity index (χ0n) is 16.9. The van der Waals surface area contributed by atoms with Crippen LogP contribution in [0.2, 0.25) is 5.02 Å². The second-order valence-electron chi connectivity index (χ2n) is 7.66. The Labute approximate surface area is 182 Å². The number of halogens is 1. The third-order valence-electron chi connectivity index (χ3n) is 4.64. The lowest BCUT2D eigenvalue weighted by Crippen LogP contribution is -2.46. The number of carboxylic acid groups (broad SMARTS) is 1. The van der Waals surface area contributed by atoms with Gasteiger partial charge in [-0.15, -0.1) is 0 Å². The first-order valence-corrected chi connectivity index (χ1v) is 9.70. The van der Waals surface area contributed by atoms with Crippen LogP contribution in [0.1, 0.15) is 19.4 Å². The minimum absolute atomic E-state index is 0.00634. The molecule has 3 N–H and O–H groups in total. The Bertz CT molecular complexity index is 1230. The van der Waals surface area contributed by atoms with Crippen molar-refractivity contribution in [2.75, 3.05) is 5.32 Å². The maximum Gasteiger partial charge on any atom is 0.354 e. The van der Waals surface area contributed by atoms with E-state index in [1.54, 1.807) is 36.4 Å². The fraction of sp³-hybridized carbons (Fsp3) is 0.238. The van der Waals surface area contributed by atoms with Gasteiger partial charge in [-0.1, -0.05) is 29.8 Å². The molecule has 9 nitrogen and oxygen atoms in total. The van der Waals surface area contributed by atoms with Crippen molar-refractivity contribution in [1.82, 2.24) is 14.1 Å². The molecule has 10 heteroatoms. The molecule has 0 radical (unpaired) electrons. The average molecular weight is 445 g/mol. The van der Waals surface area contributed by atoms with Crippen LogP contribution in [-0.4, -0.2) is 30.3 Å². The molecule has 1 heterocycles. The maximum atomic E-state index is 13.2. The molecule has 0 unspecified atom stereocenters. The summed E-state index contributed by atoms with van der Waals surface area (Å²) >= 11 is 5.93. The van der Waals surface area contributed by atoms with Crippen molar-refractivity contribution >= 4 is 29.2 Å². The number of rotatable bonds is 7. The van der Waals surface area contributed by atoms with Gasteiger partial charge >= 0.3 is 17.3 Å². The molecular weight excluding hydrogens is 424 g/mol. The number of carboxylic acids is 1. The molecule has 2 aromatic carbocycles. The van der Waals surface area contributed by atoms with E-state index in [4.69, 9.17) is 11.6 Å². The van der Waals surface area contributed by atoms with E-state index in [2.05, 4.69) is 10.3 Å². The Kier molecular flexibility index (Phi) is 6.16. The standard InChI is InChI=1S/C21H21ClN4O5/c1-21(2,17(28)29)12-26-19(30)24-18(23-15-4-3-5-16(27)10-15)25(20(26)31)11-13-6-8-14(22)9-7-13/h3-10,27H,11-12H2,1-2H3,(H,28,29)(H,23,24,30). The molecule has 0 spiro atoms. The molecule has 3 aromatic rings. The Morgan fingerprint density at radius 3 is 2.42 bits per heavy atom. The zero-order valence-corrected chi connectivity index (χ0v) is 17.6. The van der Waals surface area contributed by atoms with Crippen LogP contribution in [0.5, 0.6) is 5.75 Å². The number of nitrogens with one attached hydrogen (secondary N) is 1. The van der Waals surface area contributed by atoms with Crippen LogP contribution in [0, 0.1) is 5.41 Å². The van der Waals surface area contributed by atoms with Crippen LogP contribution in [0.25, 0.3) is 0 Å². The van der Waals surface area contributed by atoms with Gasteiger partial charge in [0.05, 0.1) is 12.0 Å². The van der Waals surface area contributed by atoms with Crippen molar-refractivity contribution < 1.29 is 15.0 Å². The number of aromatic hydroxyl groups is 1. The van der Waals surface area contributed by atoms with Crippen molar-refractivity contribution in [3.63, 3.8) is 0 Å². The number of anilines is 2. The predicted octanol–water partition coefficient (Wildman–Crippen LogP) is 2.67. The normalized spacial score (nSPS) is 11.3. The summed E-state index contributed by atoms with van der Waals surface area (Å²) in [4.78, 5) is 41.3. The van der Waals surface area contributed by atoms with Crippen LogP contribution in [-0.2, 0) is 17.9 Å². The van der Waals surface area contributed by atoms with Crippen LogP contribution >= 0.6 is 11.6 Å². The van der Waals surface area contributed by atoms with Gasteiger partial charge in [-0.2, -0.15) is 4.98 Å². The van der Waals surface area contributed by atoms with Crippen molar-refractivity contribution in [3.05, 3.63) is 80.1 Å². The molecule has 0 bridgehead atoms. The van der Waals surface area contributed by atoms with Crippen LogP contribution in [0.4, 0.5) is 11.6 Å². The molecule has 0 aliphatic carbocycles. The maximum absolute atomic E-state index is 13.2. The van der Waals surface area contributed by atoms with Gasteiger partial charge in [0.1, 0.15) is 5.75 Å². The number of carbonyl (C=O) groups is 1. The number of aliphatic carboxylic acids is 1. The van der Waals surface area contributed by atoms with E-state index in [9.17, 15) is 24.6 Å². The van der Waals surface area contributed by atoms with Crippen molar-refractivity contribution in [1.29, 1.82) is 0 Å². The summed E-state index contributed by atoms with van der Waals surface area (Å²) in [5.74, 6) is -1.20. The lowest BCUT2D eigenvalue weighted by Gasteiger charge is -2.21. The summed E-state index contributed by atoms with van der Waals surface area (Å²) in [5, 5.41) is 22.5. The first kappa shape index (κ1) is 22.1. The van der Waals surface area contributed by atoms with Gasteiger partial charge in [-0.25, -0.2) is 14.2 Å². The number of phenols is 1. The highest BCUT2D eigenvalue weighted by molar-refractivity contribution is 6.30. The highest BCUT2D eigenvalue weighted by Crippen LogP contribution is 2.20. The fourth-order valence-electron chi connectivity index (χ4n) is 2.85. The largest absolute Gasteiger partial charge is 0.508 e. The van der Waals surface area contributed by atoms with E-state index in [-0.39, 0.29) is 24.8 Å². The Morgan fingerprint density at radius 1 is 1.13 bits per heavy atom. The van der Waals surface area contributed by atoms with E-state index in [1.807, 2.05) is 0 Å². The van der Waals surface area contributed by atoms with Gasteiger partial charge in [0.15, 0.2) is 0 Å². The first-order chi connectivity index (χ1) is 14.6. The fourth-order valence-corrected chi connectivity index (χ4v) is 2.98. The summed E-state index contributed by atoms with van der Waals surface area (Å²) < 4.78 is 2.03. The third-order valence-corrected chi connectivity index (χ3v) is 4.89. The Morgan fingerprint density at radius 2 is 1.81 bits per heavy atom. The molecule has 0 aliphatic heterocycles. The minimum Gasteiger partial charge on any atom is -0.508 e. The molecule has 3 rings (SSSR count). The second kappa shape index (κ2) is 8.65. The topological polar surface area (TPSA) is 126 Å². The summed E-state index contributed by atoms with van der Waals surface area (Å²) in [6.45, 7) is 2.55. The molecule has 0 aliphatic rings. The second-order valence-corrected chi connectivity index (χ2v) is 8.10. The predicted molar refractivity (Wildman–Crippen MR) is 116 cm³/mol. The monoisotopic (exact) mass is 444 g/mol. The SMILES string of the molecule is CC(C)(Cn1c(=O)nc(Nc2cccc(O)c2)n(Cc2ccc(Cl)cc2)c1=O)C(=O)O. The average Bonchev–Trinajstić information content (AvgIpc) is 2.69.